The van der Waals surface area contributed by atoms with Crippen LogP contribution in [0.4, 0.5) is 0 Å². The van der Waals surface area contributed by atoms with Crippen molar-refractivity contribution in [2.75, 3.05) is 0 Å². The molecule has 3 heteroatoms. The van der Waals surface area contributed by atoms with Crippen LogP contribution in [0.25, 0.3) is 11.1 Å². The fourth-order valence-corrected chi connectivity index (χ4v) is 1.54. The summed E-state index contributed by atoms with van der Waals surface area (Å²) in [6.07, 6.45) is 1.83. The van der Waals surface area contributed by atoms with Crippen LogP contribution < -0.4 is 0 Å². The molecule has 0 bridgehead atoms. The first-order valence-corrected chi connectivity index (χ1v) is 4.71. The van der Waals surface area contributed by atoms with E-state index in [9.17, 15) is 0 Å². The molecule has 0 saturated heterocycles. The average molecular weight is 197 g/mol. The molecule has 3 nitrogen and oxygen atoms in total. The van der Waals surface area contributed by atoms with E-state index < -0.39 is 0 Å². The lowest BCUT2D eigenvalue weighted by Gasteiger charge is -2.00. The van der Waals surface area contributed by atoms with E-state index in [1.54, 1.807) is 6.07 Å². The third kappa shape index (κ3) is 1.62. The van der Waals surface area contributed by atoms with Gasteiger partial charge in [-0.2, -0.15) is 10.4 Å². The van der Waals surface area contributed by atoms with Crippen molar-refractivity contribution in [3.05, 3.63) is 41.7 Å². The van der Waals surface area contributed by atoms with Crippen molar-refractivity contribution in [3.63, 3.8) is 0 Å². The molecule has 1 aromatic carbocycles. The Morgan fingerprint density at radius 2 is 2.20 bits per heavy atom. The van der Waals surface area contributed by atoms with Gasteiger partial charge in [0.2, 0.25) is 0 Å². The summed E-state index contributed by atoms with van der Waals surface area (Å²) in [4.78, 5) is 0. The maximum absolute atomic E-state index is 8.81. The minimum absolute atomic E-state index is 0.677. The molecule has 2 aromatic rings. The standard InChI is InChI=1S/C12H11N3/c1-9-12(8-14-15(9)2)11-5-3-4-10(6-11)7-13/h3-6,8H,1-2H3. The van der Waals surface area contributed by atoms with Crippen LogP contribution in [-0.2, 0) is 7.05 Å². The van der Waals surface area contributed by atoms with Crippen LogP contribution in [0, 0.1) is 18.3 Å². The number of benzene rings is 1. The van der Waals surface area contributed by atoms with Gasteiger partial charge < -0.3 is 0 Å². The first kappa shape index (κ1) is 9.47. The molecule has 2 rings (SSSR count). The molecule has 15 heavy (non-hydrogen) atoms. The van der Waals surface area contributed by atoms with Crippen molar-refractivity contribution in [2.24, 2.45) is 7.05 Å². The number of hydrogen-bond donors (Lipinski definition) is 0. The highest BCUT2D eigenvalue weighted by atomic mass is 15.3. The second-order valence-corrected chi connectivity index (χ2v) is 3.46. The minimum atomic E-state index is 0.677. The van der Waals surface area contributed by atoms with Gasteiger partial charge in [-0.05, 0) is 24.6 Å². The zero-order chi connectivity index (χ0) is 10.8. The molecule has 0 aliphatic heterocycles. The van der Waals surface area contributed by atoms with Gasteiger partial charge in [-0.15, -0.1) is 0 Å². The van der Waals surface area contributed by atoms with E-state index >= 15 is 0 Å². The Morgan fingerprint density at radius 1 is 1.40 bits per heavy atom. The van der Waals surface area contributed by atoms with E-state index in [0.717, 1.165) is 16.8 Å². The van der Waals surface area contributed by atoms with Crippen molar-refractivity contribution in [1.82, 2.24) is 9.78 Å². The predicted molar refractivity (Wildman–Crippen MR) is 58.1 cm³/mol. The molecule has 0 unspecified atom stereocenters. The van der Waals surface area contributed by atoms with Gasteiger partial charge in [0.15, 0.2) is 0 Å². The lowest BCUT2D eigenvalue weighted by Crippen LogP contribution is -1.92. The summed E-state index contributed by atoms with van der Waals surface area (Å²) in [6, 6.07) is 9.70. The molecular weight excluding hydrogens is 186 g/mol. The van der Waals surface area contributed by atoms with Crippen molar-refractivity contribution in [2.45, 2.75) is 6.92 Å². The van der Waals surface area contributed by atoms with Gasteiger partial charge in [0.25, 0.3) is 0 Å². The van der Waals surface area contributed by atoms with E-state index in [0.29, 0.717) is 5.56 Å². The Kier molecular flexibility index (Phi) is 2.26. The van der Waals surface area contributed by atoms with Gasteiger partial charge in [0, 0.05) is 18.3 Å². The smallest absolute Gasteiger partial charge is 0.0991 e. The molecule has 0 radical (unpaired) electrons. The fraction of sp³-hybridized carbons (Fsp3) is 0.167. The number of aromatic nitrogens is 2. The molecule has 1 aromatic heterocycles. The second kappa shape index (κ2) is 3.58. The monoisotopic (exact) mass is 197 g/mol. The van der Waals surface area contributed by atoms with E-state index in [4.69, 9.17) is 5.26 Å². The third-order valence-electron chi connectivity index (χ3n) is 2.54. The zero-order valence-corrected chi connectivity index (χ0v) is 8.73. The molecule has 0 aliphatic carbocycles. The van der Waals surface area contributed by atoms with Crippen molar-refractivity contribution >= 4 is 0 Å². The summed E-state index contributed by atoms with van der Waals surface area (Å²) in [6.45, 7) is 2.02. The van der Waals surface area contributed by atoms with Crippen LogP contribution in [0.5, 0.6) is 0 Å². The Morgan fingerprint density at radius 3 is 2.80 bits per heavy atom. The highest BCUT2D eigenvalue weighted by Crippen LogP contribution is 2.22. The fourth-order valence-electron chi connectivity index (χ4n) is 1.54. The summed E-state index contributed by atoms with van der Waals surface area (Å²) in [5, 5.41) is 13.0. The quantitative estimate of drug-likeness (QED) is 0.703. The SMILES string of the molecule is Cc1c(-c2cccc(C#N)c2)cnn1C. The number of nitrogens with zero attached hydrogens (tertiary/aromatic N) is 3. The molecule has 0 amide bonds. The molecule has 0 aliphatic rings. The lowest BCUT2D eigenvalue weighted by atomic mass is 10.0. The van der Waals surface area contributed by atoms with Gasteiger partial charge in [-0.25, -0.2) is 0 Å². The number of aryl methyl sites for hydroxylation is 1. The van der Waals surface area contributed by atoms with E-state index in [2.05, 4.69) is 11.2 Å². The average Bonchev–Trinajstić information content (AvgIpc) is 2.60. The van der Waals surface area contributed by atoms with Gasteiger partial charge in [-0.3, -0.25) is 4.68 Å². The summed E-state index contributed by atoms with van der Waals surface area (Å²) >= 11 is 0. The first-order valence-electron chi connectivity index (χ1n) is 4.71. The molecule has 0 N–H and O–H groups in total. The normalized spacial score (nSPS) is 9.93. The first-order chi connectivity index (χ1) is 7.22. The van der Waals surface area contributed by atoms with E-state index in [1.165, 1.54) is 0 Å². The van der Waals surface area contributed by atoms with Gasteiger partial charge >= 0.3 is 0 Å². The predicted octanol–water partition coefficient (Wildman–Crippen LogP) is 2.27. The molecule has 0 fully saturated rings. The molecule has 74 valence electrons. The lowest BCUT2D eigenvalue weighted by molar-refractivity contribution is 0.740. The maximum atomic E-state index is 8.81. The zero-order valence-electron chi connectivity index (χ0n) is 8.73. The molecule has 0 saturated carbocycles. The Balaban J connectivity index is 2.55. The third-order valence-corrected chi connectivity index (χ3v) is 2.54. The van der Waals surface area contributed by atoms with Crippen LogP contribution in [0.1, 0.15) is 11.3 Å². The van der Waals surface area contributed by atoms with E-state index in [1.807, 2.05) is 43.0 Å². The van der Waals surface area contributed by atoms with Crippen LogP contribution in [0.15, 0.2) is 30.5 Å². The Hall–Kier alpha value is -2.08. The summed E-state index contributed by atoms with van der Waals surface area (Å²) in [7, 11) is 1.91. The summed E-state index contributed by atoms with van der Waals surface area (Å²) in [5.74, 6) is 0. The Bertz CT molecular complexity index is 532. The second-order valence-electron chi connectivity index (χ2n) is 3.46. The van der Waals surface area contributed by atoms with Crippen molar-refractivity contribution in [3.8, 4) is 17.2 Å². The molecule has 0 spiro atoms. The highest BCUT2D eigenvalue weighted by molar-refractivity contribution is 5.66. The number of nitriles is 1. The summed E-state index contributed by atoms with van der Waals surface area (Å²) in [5.41, 5.74) is 3.90. The van der Waals surface area contributed by atoms with Crippen LogP contribution in [-0.4, -0.2) is 9.78 Å². The van der Waals surface area contributed by atoms with Crippen molar-refractivity contribution < 1.29 is 0 Å². The molecular formula is C12H11N3. The maximum Gasteiger partial charge on any atom is 0.0991 e. The molecule has 0 atom stereocenters. The van der Waals surface area contributed by atoms with Gasteiger partial charge in [0.05, 0.1) is 17.8 Å². The summed E-state index contributed by atoms with van der Waals surface area (Å²) < 4.78 is 1.83. The number of hydrogen-bond acceptors (Lipinski definition) is 2. The van der Waals surface area contributed by atoms with Gasteiger partial charge in [0.1, 0.15) is 0 Å². The van der Waals surface area contributed by atoms with Crippen molar-refractivity contribution in [1.29, 1.82) is 5.26 Å². The molecule has 1 heterocycles. The number of rotatable bonds is 1. The highest BCUT2D eigenvalue weighted by Gasteiger charge is 2.06. The largest absolute Gasteiger partial charge is 0.272 e. The van der Waals surface area contributed by atoms with Gasteiger partial charge in [-0.1, -0.05) is 12.1 Å². The van der Waals surface area contributed by atoms with Crippen LogP contribution >= 0.6 is 0 Å². The van der Waals surface area contributed by atoms with E-state index in [-0.39, 0.29) is 0 Å². The van der Waals surface area contributed by atoms with Crippen LogP contribution in [0.3, 0.4) is 0 Å². The minimum Gasteiger partial charge on any atom is -0.272 e. The Labute approximate surface area is 88.6 Å². The topological polar surface area (TPSA) is 41.6 Å². The van der Waals surface area contributed by atoms with Crippen LogP contribution in [0.2, 0.25) is 0 Å².